The van der Waals surface area contributed by atoms with E-state index in [-0.39, 0.29) is 12.5 Å². The van der Waals surface area contributed by atoms with Crippen LogP contribution in [-0.4, -0.2) is 18.5 Å². The van der Waals surface area contributed by atoms with Crippen molar-refractivity contribution in [2.45, 2.75) is 41.0 Å². The second-order valence-corrected chi connectivity index (χ2v) is 5.80. The third-order valence-electron chi connectivity index (χ3n) is 4.10. The Morgan fingerprint density at radius 3 is 2.42 bits per heavy atom. The Hall–Kier alpha value is -2.56. The van der Waals surface area contributed by atoms with Gasteiger partial charge in [-0.3, -0.25) is 4.79 Å². The van der Waals surface area contributed by atoms with E-state index in [9.17, 15) is 9.59 Å². The molecule has 2 rings (SSSR count). The Morgan fingerprint density at radius 2 is 1.83 bits per heavy atom. The third kappa shape index (κ3) is 3.67. The molecule has 0 fully saturated rings. The lowest BCUT2D eigenvalue weighted by Crippen LogP contribution is -2.22. The number of furan rings is 1. The van der Waals surface area contributed by atoms with Gasteiger partial charge in [0.15, 0.2) is 6.61 Å². The Labute approximate surface area is 142 Å². The highest BCUT2D eigenvalue weighted by atomic mass is 16.5. The van der Waals surface area contributed by atoms with Crippen LogP contribution in [0.5, 0.6) is 0 Å². The number of hydrogen-bond acceptors (Lipinski definition) is 4. The van der Waals surface area contributed by atoms with Crippen LogP contribution >= 0.6 is 0 Å². The highest BCUT2D eigenvalue weighted by molar-refractivity contribution is 5.97. The minimum Gasteiger partial charge on any atom is -0.465 e. The van der Waals surface area contributed by atoms with E-state index in [1.54, 1.807) is 20.8 Å². The van der Waals surface area contributed by atoms with Gasteiger partial charge in [0, 0.05) is 11.3 Å². The van der Waals surface area contributed by atoms with Gasteiger partial charge in [0.25, 0.3) is 5.91 Å². The van der Waals surface area contributed by atoms with Gasteiger partial charge in [-0.15, -0.1) is 0 Å². The number of esters is 1. The number of carbonyl (C=O) groups excluding carboxylic acids is 2. The molecule has 0 saturated carbocycles. The molecule has 0 aliphatic carbocycles. The second kappa shape index (κ2) is 7.34. The van der Waals surface area contributed by atoms with E-state index in [2.05, 4.69) is 5.32 Å². The number of carbonyl (C=O) groups is 2. The second-order valence-electron chi connectivity index (χ2n) is 5.80. The minimum atomic E-state index is -0.544. The van der Waals surface area contributed by atoms with Crippen molar-refractivity contribution in [3.63, 3.8) is 0 Å². The van der Waals surface area contributed by atoms with Gasteiger partial charge < -0.3 is 14.5 Å². The number of amides is 1. The molecule has 0 aliphatic rings. The molecular weight excluding hydrogens is 306 g/mol. The molecule has 0 atom stereocenters. The highest BCUT2D eigenvalue weighted by Gasteiger charge is 2.21. The van der Waals surface area contributed by atoms with Crippen LogP contribution in [0.1, 0.15) is 45.5 Å². The van der Waals surface area contributed by atoms with Crippen molar-refractivity contribution in [1.29, 1.82) is 0 Å². The summed E-state index contributed by atoms with van der Waals surface area (Å²) in [5.74, 6) is 0.277. The van der Waals surface area contributed by atoms with E-state index < -0.39 is 5.97 Å². The van der Waals surface area contributed by atoms with Crippen LogP contribution in [0.25, 0.3) is 0 Å². The van der Waals surface area contributed by atoms with Crippen LogP contribution in [-0.2, 0) is 16.0 Å². The Bertz CT molecular complexity index is 774. The maximum Gasteiger partial charge on any atom is 0.342 e. The van der Waals surface area contributed by atoms with Crippen molar-refractivity contribution < 1.29 is 18.7 Å². The zero-order valence-corrected chi connectivity index (χ0v) is 14.8. The van der Waals surface area contributed by atoms with Gasteiger partial charge in [0.1, 0.15) is 17.1 Å². The fourth-order valence-electron chi connectivity index (χ4n) is 2.67. The maximum absolute atomic E-state index is 12.2. The van der Waals surface area contributed by atoms with E-state index >= 15 is 0 Å². The Kier molecular flexibility index (Phi) is 5.44. The van der Waals surface area contributed by atoms with Crippen LogP contribution in [0.2, 0.25) is 0 Å². The smallest absolute Gasteiger partial charge is 0.342 e. The zero-order chi connectivity index (χ0) is 17.9. The van der Waals surface area contributed by atoms with Crippen LogP contribution < -0.4 is 5.32 Å². The Balaban J connectivity index is 2.03. The molecular formula is C19H23NO4. The molecule has 2 aromatic rings. The summed E-state index contributed by atoms with van der Waals surface area (Å²) in [6, 6.07) is 5.86. The molecule has 1 aromatic carbocycles. The zero-order valence-electron chi connectivity index (χ0n) is 14.8. The molecule has 0 unspecified atom stereocenters. The van der Waals surface area contributed by atoms with Crippen LogP contribution in [0.4, 0.5) is 5.69 Å². The molecule has 1 amide bonds. The standard InChI is InChI=1S/C19H23NO4/c1-6-15-9-7-8-11(2)18(15)20-16(21)10-23-19(22)17-12(3)13(4)24-14(17)5/h7-9H,6,10H2,1-5H3,(H,20,21). The molecule has 5 heteroatoms. The molecule has 0 saturated heterocycles. The normalized spacial score (nSPS) is 10.5. The van der Waals surface area contributed by atoms with E-state index in [0.717, 1.165) is 28.8 Å². The number of nitrogens with one attached hydrogen (secondary N) is 1. The summed E-state index contributed by atoms with van der Waals surface area (Å²) in [6.45, 7) is 8.91. The summed E-state index contributed by atoms with van der Waals surface area (Å²) < 4.78 is 10.6. The first kappa shape index (κ1) is 17.8. The Morgan fingerprint density at radius 1 is 1.12 bits per heavy atom. The minimum absolute atomic E-state index is 0.334. The molecule has 0 aliphatic heterocycles. The molecule has 1 heterocycles. The molecule has 24 heavy (non-hydrogen) atoms. The van der Waals surface area contributed by atoms with E-state index in [0.29, 0.717) is 17.1 Å². The first-order valence-corrected chi connectivity index (χ1v) is 7.97. The fourth-order valence-corrected chi connectivity index (χ4v) is 2.67. The first-order valence-electron chi connectivity index (χ1n) is 7.97. The van der Waals surface area contributed by atoms with Crippen molar-refractivity contribution in [3.05, 3.63) is 52.0 Å². The quantitative estimate of drug-likeness (QED) is 0.846. The molecule has 128 valence electrons. The van der Waals surface area contributed by atoms with Gasteiger partial charge in [-0.1, -0.05) is 25.1 Å². The van der Waals surface area contributed by atoms with Crippen molar-refractivity contribution in [2.24, 2.45) is 0 Å². The molecule has 0 bridgehead atoms. The van der Waals surface area contributed by atoms with Crippen LogP contribution in [0.3, 0.4) is 0 Å². The number of aryl methyl sites for hydroxylation is 4. The van der Waals surface area contributed by atoms with E-state index in [1.807, 2.05) is 32.0 Å². The summed E-state index contributed by atoms with van der Waals surface area (Å²) in [7, 11) is 0. The largest absolute Gasteiger partial charge is 0.465 e. The number of benzene rings is 1. The lowest BCUT2D eigenvalue weighted by Gasteiger charge is -2.13. The number of anilines is 1. The fraction of sp³-hybridized carbons (Fsp3) is 0.368. The van der Waals surface area contributed by atoms with Gasteiger partial charge in [-0.05, 0) is 45.2 Å². The summed E-state index contributed by atoms with van der Waals surface area (Å²) in [5.41, 5.74) is 3.95. The van der Waals surface area contributed by atoms with Crippen molar-refractivity contribution in [1.82, 2.24) is 0 Å². The van der Waals surface area contributed by atoms with Crippen LogP contribution in [0, 0.1) is 27.7 Å². The third-order valence-corrected chi connectivity index (χ3v) is 4.10. The highest BCUT2D eigenvalue weighted by Crippen LogP contribution is 2.22. The van der Waals surface area contributed by atoms with Gasteiger partial charge in [-0.2, -0.15) is 0 Å². The van der Waals surface area contributed by atoms with Crippen molar-refractivity contribution in [2.75, 3.05) is 11.9 Å². The predicted octanol–water partition coefficient (Wildman–Crippen LogP) is 3.87. The summed E-state index contributed by atoms with van der Waals surface area (Å²) in [5, 5.41) is 2.83. The van der Waals surface area contributed by atoms with Gasteiger partial charge in [0.2, 0.25) is 0 Å². The number of ether oxygens (including phenoxy) is 1. The van der Waals surface area contributed by atoms with Crippen molar-refractivity contribution in [3.8, 4) is 0 Å². The molecule has 1 N–H and O–H groups in total. The molecule has 0 spiro atoms. The van der Waals surface area contributed by atoms with Crippen molar-refractivity contribution >= 4 is 17.6 Å². The van der Waals surface area contributed by atoms with E-state index in [4.69, 9.17) is 9.15 Å². The summed E-state index contributed by atoms with van der Waals surface area (Å²) >= 11 is 0. The number of para-hydroxylation sites is 1. The average Bonchev–Trinajstić information content (AvgIpc) is 2.79. The maximum atomic E-state index is 12.2. The summed E-state index contributed by atoms with van der Waals surface area (Å²) in [6.07, 6.45) is 0.809. The molecule has 1 aromatic heterocycles. The summed E-state index contributed by atoms with van der Waals surface area (Å²) in [4.78, 5) is 24.3. The topological polar surface area (TPSA) is 68.5 Å². The van der Waals surface area contributed by atoms with Gasteiger partial charge in [0.05, 0.1) is 0 Å². The number of hydrogen-bond donors (Lipinski definition) is 1. The number of rotatable bonds is 5. The molecule has 5 nitrogen and oxygen atoms in total. The van der Waals surface area contributed by atoms with Crippen LogP contribution in [0.15, 0.2) is 22.6 Å². The monoisotopic (exact) mass is 329 g/mol. The average molecular weight is 329 g/mol. The lowest BCUT2D eigenvalue weighted by molar-refractivity contribution is -0.119. The van der Waals surface area contributed by atoms with E-state index in [1.165, 1.54) is 0 Å². The SMILES string of the molecule is CCc1cccc(C)c1NC(=O)COC(=O)c1c(C)oc(C)c1C. The lowest BCUT2D eigenvalue weighted by atomic mass is 10.1. The molecule has 0 radical (unpaired) electrons. The predicted molar refractivity (Wildman–Crippen MR) is 92.4 cm³/mol. The van der Waals surface area contributed by atoms with Gasteiger partial charge >= 0.3 is 5.97 Å². The van der Waals surface area contributed by atoms with Gasteiger partial charge in [-0.25, -0.2) is 4.79 Å². The first-order chi connectivity index (χ1) is 11.3.